The fourth-order valence-electron chi connectivity index (χ4n) is 4.34. The number of carbonyl (C=O) groups excluding carboxylic acids is 2. The summed E-state index contributed by atoms with van der Waals surface area (Å²) in [7, 11) is 1.87. The van der Waals surface area contributed by atoms with Crippen molar-refractivity contribution in [3.05, 3.63) is 131 Å². The van der Waals surface area contributed by atoms with E-state index < -0.39 is 5.25 Å². The Morgan fingerprint density at radius 3 is 2.00 bits per heavy atom. The van der Waals surface area contributed by atoms with E-state index in [2.05, 4.69) is 20.8 Å². The molecule has 1 heterocycles. The van der Waals surface area contributed by atoms with Gasteiger partial charge < -0.3 is 15.2 Å². The topological polar surface area (TPSA) is 88.9 Å². The van der Waals surface area contributed by atoms with E-state index in [0.717, 1.165) is 16.7 Å². The highest BCUT2D eigenvalue weighted by atomic mass is 35.5. The predicted molar refractivity (Wildman–Crippen MR) is 164 cm³/mol. The molecule has 0 aliphatic carbocycles. The molecule has 0 fully saturated rings. The summed E-state index contributed by atoms with van der Waals surface area (Å²) in [6.45, 7) is 1.86. The molecule has 4 aromatic carbocycles. The highest BCUT2D eigenvalue weighted by molar-refractivity contribution is 8.00. The lowest BCUT2D eigenvalue weighted by Gasteiger charge is -2.22. The maximum absolute atomic E-state index is 13.3. The van der Waals surface area contributed by atoms with Gasteiger partial charge in [0.25, 0.3) is 5.91 Å². The van der Waals surface area contributed by atoms with Crippen molar-refractivity contribution in [2.45, 2.75) is 23.4 Å². The first-order chi connectivity index (χ1) is 19.9. The zero-order valence-electron chi connectivity index (χ0n) is 22.5. The first kappa shape index (κ1) is 28.1. The normalized spacial score (nSPS) is 11.7. The van der Waals surface area contributed by atoms with Gasteiger partial charge in [0.05, 0.1) is 21.9 Å². The molecule has 0 saturated heterocycles. The third kappa shape index (κ3) is 6.67. The number of benzene rings is 4. The van der Waals surface area contributed by atoms with Crippen LogP contribution in [0.3, 0.4) is 0 Å². The Kier molecular flexibility index (Phi) is 8.82. The first-order valence-corrected chi connectivity index (χ1v) is 14.3. The van der Waals surface area contributed by atoms with Crippen LogP contribution in [-0.4, -0.2) is 31.8 Å². The second-order valence-corrected chi connectivity index (χ2v) is 11.1. The average molecular weight is 582 g/mol. The number of aromatic nitrogens is 3. The predicted octanol–water partition coefficient (Wildman–Crippen LogP) is 6.77. The Morgan fingerprint density at radius 2 is 1.39 bits per heavy atom. The van der Waals surface area contributed by atoms with Crippen LogP contribution in [0.1, 0.15) is 34.5 Å². The number of nitrogens with one attached hydrogen (secondary N) is 2. The van der Waals surface area contributed by atoms with Gasteiger partial charge in [-0.25, -0.2) is 0 Å². The number of carbonyl (C=O) groups is 2. The zero-order valence-corrected chi connectivity index (χ0v) is 24.1. The van der Waals surface area contributed by atoms with Gasteiger partial charge in [-0.3, -0.25) is 9.59 Å². The Hall–Kier alpha value is -4.40. The molecule has 1 atom stereocenters. The molecule has 0 aliphatic heterocycles. The molecule has 5 aromatic rings. The summed E-state index contributed by atoms with van der Waals surface area (Å²) in [4.78, 5) is 25.9. The standard InChI is InChI=1S/C32H28ClN5O2S/c1-21(30(39)35-28(22-11-5-3-6-12-22)23-13-7-4-8-14-23)41-32-37-36-29(38(32)2)24-17-19-25(20-18-24)34-31(40)26-15-9-10-16-27(26)33/h3-21,28H,1-2H3,(H,34,40)(H,35,39). The van der Waals surface area contributed by atoms with E-state index in [0.29, 0.717) is 27.3 Å². The molecule has 2 amide bonds. The smallest absolute Gasteiger partial charge is 0.257 e. The maximum atomic E-state index is 13.3. The quantitative estimate of drug-likeness (QED) is 0.187. The van der Waals surface area contributed by atoms with Gasteiger partial charge in [0.2, 0.25) is 5.91 Å². The molecule has 7 nitrogen and oxygen atoms in total. The van der Waals surface area contributed by atoms with Crippen molar-refractivity contribution in [1.29, 1.82) is 0 Å². The molecule has 1 aromatic heterocycles. The summed E-state index contributed by atoms with van der Waals surface area (Å²) in [5, 5.41) is 15.4. The molecule has 0 bridgehead atoms. The number of rotatable bonds is 9. The monoisotopic (exact) mass is 581 g/mol. The Bertz CT molecular complexity index is 1600. The number of hydrogen-bond donors (Lipinski definition) is 2. The summed E-state index contributed by atoms with van der Waals surface area (Å²) in [5.41, 5.74) is 3.89. The molecule has 0 spiro atoms. The maximum Gasteiger partial charge on any atom is 0.257 e. The number of thioether (sulfide) groups is 1. The van der Waals surface area contributed by atoms with E-state index in [9.17, 15) is 9.59 Å². The minimum Gasteiger partial charge on any atom is -0.344 e. The number of nitrogens with zero attached hydrogens (tertiary/aromatic N) is 3. The molecule has 206 valence electrons. The van der Waals surface area contributed by atoms with Crippen molar-refractivity contribution in [2.75, 3.05) is 5.32 Å². The molecule has 2 N–H and O–H groups in total. The molecule has 9 heteroatoms. The number of halogens is 1. The molecular formula is C32H28ClN5O2S. The van der Waals surface area contributed by atoms with E-state index in [-0.39, 0.29) is 17.9 Å². The molecule has 5 rings (SSSR count). The van der Waals surface area contributed by atoms with E-state index in [1.807, 2.05) is 91.3 Å². The van der Waals surface area contributed by atoms with Crippen molar-refractivity contribution in [2.24, 2.45) is 7.05 Å². The highest BCUT2D eigenvalue weighted by Crippen LogP contribution is 2.28. The molecule has 0 radical (unpaired) electrons. The van der Waals surface area contributed by atoms with Crippen LogP contribution in [0.2, 0.25) is 5.02 Å². The van der Waals surface area contributed by atoms with Crippen molar-refractivity contribution < 1.29 is 9.59 Å². The minimum absolute atomic E-state index is 0.101. The van der Waals surface area contributed by atoms with Crippen molar-refractivity contribution in [1.82, 2.24) is 20.1 Å². The van der Waals surface area contributed by atoms with Crippen LogP contribution in [0, 0.1) is 0 Å². The summed E-state index contributed by atoms with van der Waals surface area (Å²) >= 11 is 7.49. The van der Waals surface area contributed by atoms with Crippen molar-refractivity contribution >= 4 is 40.9 Å². The minimum atomic E-state index is -0.414. The molecular weight excluding hydrogens is 554 g/mol. The second kappa shape index (κ2) is 12.8. The Morgan fingerprint density at radius 1 is 0.805 bits per heavy atom. The van der Waals surface area contributed by atoms with Gasteiger partial charge >= 0.3 is 0 Å². The average Bonchev–Trinajstić information content (AvgIpc) is 3.36. The van der Waals surface area contributed by atoms with E-state index in [4.69, 9.17) is 11.6 Å². The fraction of sp³-hybridized carbons (Fsp3) is 0.125. The van der Waals surface area contributed by atoms with Crippen LogP contribution in [0.5, 0.6) is 0 Å². The van der Waals surface area contributed by atoms with Gasteiger partial charge in [-0.1, -0.05) is 96.2 Å². The fourth-order valence-corrected chi connectivity index (χ4v) is 5.38. The van der Waals surface area contributed by atoms with Gasteiger partial charge in [0.15, 0.2) is 11.0 Å². The molecule has 0 aliphatic rings. The van der Waals surface area contributed by atoms with Gasteiger partial charge in [-0.2, -0.15) is 0 Å². The van der Waals surface area contributed by atoms with Gasteiger partial charge in [0, 0.05) is 18.3 Å². The van der Waals surface area contributed by atoms with Crippen LogP contribution >= 0.6 is 23.4 Å². The third-order valence-corrected chi connectivity index (χ3v) is 8.02. The van der Waals surface area contributed by atoms with E-state index in [1.165, 1.54) is 11.8 Å². The van der Waals surface area contributed by atoms with Crippen LogP contribution in [0.4, 0.5) is 5.69 Å². The summed E-state index contributed by atoms with van der Waals surface area (Å²) in [6, 6.07) is 33.8. The summed E-state index contributed by atoms with van der Waals surface area (Å²) in [5.74, 6) is 0.265. The van der Waals surface area contributed by atoms with Gasteiger partial charge in [-0.15, -0.1) is 10.2 Å². The molecule has 1 unspecified atom stereocenters. The largest absolute Gasteiger partial charge is 0.344 e. The van der Waals surface area contributed by atoms with Crippen molar-refractivity contribution in [3.63, 3.8) is 0 Å². The molecule has 41 heavy (non-hydrogen) atoms. The van der Waals surface area contributed by atoms with Crippen LogP contribution in [0.25, 0.3) is 11.4 Å². The summed E-state index contributed by atoms with van der Waals surface area (Å²) in [6.07, 6.45) is 0. The Labute approximate surface area is 248 Å². The van der Waals surface area contributed by atoms with E-state index >= 15 is 0 Å². The SMILES string of the molecule is CC(Sc1nnc(-c2ccc(NC(=O)c3ccccc3Cl)cc2)n1C)C(=O)NC(c1ccccc1)c1ccccc1. The Balaban J connectivity index is 1.25. The lowest BCUT2D eigenvalue weighted by molar-refractivity contribution is -0.120. The highest BCUT2D eigenvalue weighted by Gasteiger charge is 2.23. The molecule has 0 saturated carbocycles. The lowest BCUT2D eigenvalue weighted by Crippen LogP contribution is -2.35. The summed E-state index contributed by atoms with van der Waals surface area (Å²) < 4.78 is 1.86. The number of hydrogen-bond acceptors (Lipinski definition) is 5. The van der Waals surface area contributed by atoms with Crippen LogP contribution < -0.4 is 10.6 Å². The third-order valence-electron chi connectivity index (χ3n) is 6.56. The van der Waals surface area contributed by atoms with Crippen LogP contribution in [-0.2, 0) is 11.8 Å². The first-order valence-electron chi connectivity index (χ1n) is 13.0. The second-order valence-electron chi connectivity index (χ2n) is 9.40. The van der Waals surface area contributed by atoms with Crippen LogP contribution in [0.15, 0.2) is 114 Å². The van der Waals surface area contributed by atoms with Gasteiger partial charge in [0.1, 0.15) is 0 Å². The number of anilines is 1. The van der Waals surface area contributed by atoms with Crippen molar-refractivity contribution in [3.8, 4) is 11.4 Å². The van der Waals surface area contributed by atoms with Gasteiger partial charge in [-0.05, 0) is 54.4 Å². The number of amides is 2. The van der Waals surface area contributed by atoms with E-state index in [1.54, 1.807) is 36.4 Å². The lowest BCUT2D eigenvalue weighted by atomic mass is 9.98. The zero-order chi connectivity index (χ0) is 28.8.